The molecule has 0 rings (SSSR count). The summed E-state index contributed by atoms with van der Waals surface area (Å²) >= 11 is -0.416. The van der Waals surface area contributed by atoms with Crippen LogP contribution in [0, 0.1) is 0 Å². The topological polar surface area (TPSA) is 0 Å². The molecule has 0 nitrogen and oxygen atoms in total. The molecule has 34 valence electrons. The molecule has 5 heavy (non-hydrogen) atoms. The molecule has 0 aliphatic heterocycles. The van der Waals surface area contributed by atoms with Crippen LogP contribution in [-0.2, 0) is 0 Å². The molecule has 0 amide bonds. The minimum absolute atomic E-state index is 0.700. The van der Waals surface area contributed by atoms with Gasteiger partial charge in [-0.25, -0.2) is 0 Å². The maximum atomic E-state index is 7.19. The van der Waals surface area contributed by atoms with Crippen LogP contribution in [0.15, 0.2) is 0 Å². The van der Waals surface area contributed by atoms with Crippen molar-refractivity contribution in [3.8, 4) is 0 Å². The van der Waals surface area contributed by atoms with Gasteiger partial charge in [-0.3, -0.25) is 0 Å². The second-order valence-electron chi connectivity index (χ2n) is 0.249. The quantitative estimate of drug-likeness (QED) is 0.352. The van der Waals surface area contributed by atoms with E-state index >= 15 is 0 Å². The van der Waals surface area contributed by atoms with Gasteiger partial charge in [0.2, 0.25) is 0 Å². The normalized spacial score (nSPS) is 19.0. The molecule has 0 aliphatic carbocycles. The predicted molar refractivity (Wildman–Crippen MR) is 50.0 cm³/mol. The van der Waals surface area contributed by atoms with Crippen LogP contribution < -0.4 is 0 Å². The SMILES string of the molecule is [2H]SSI([2H])PP. The van der Waals surface area contributed by atoms with E-state index in [1.165, 1.54) is 7.97 Å². The first-order chi connectivity index (χ1) is 3.31. The Kier molecular flexibility index (Phi) is 5.28. The summed E-state index contributed by atoms with van der Waals surface area (Å²) in [5.41, 5.74) is 0. The first-order valence-corrected chi connectivity index (χ1v) is 11.0. The predicted octanol–water partition coefficient (Wildman–Crippen LogP) is 2.57. The molecule has 0 N–H and O–H groups in total. The number of hydrogen-bond acceptors (Lipinski definition) is 2. The van der Waals surface area contributed by atoms with Gasteiger partial charge < -0.3 is 0 Å². The molecule has 0 fully saturated rings. The Hall–Kier alpha value is 2.29. The van der Waals surface area contributed by atoms with Crippen molar-refractivity contribution in [3.05, 3.63) is 0 Å². The molecule has 0 aromatic heterocycles. The monoisotopic (exact) mass is 260 g/mol. The van der Waals surface area contributed by atoms with E-state index in [9.17, 15) is 0 Å². The molecular weight excluding hydrogens is 253 g/mol. The van der Waals surface area contributed by atoms with E-state index in [1.807, 2.05) is 0 Å². The van der Waals surface area contributed by atoms with E-state index < -0.39 is 19.1 Å². The zero-order valence-electron chi connectivity index (χ0n) is 4.27. The van der Waals surface area contributed by atoms with Gasteiger partial charge in [0, 0.05) is 0 Å². The summed E-state index contributed by atoms with van der Waals surface area (Å²) in [4.78, 5) is 0. The minimum atomic E-state index is -1.39. The van der Waals surface area contributed by atoms with Gasteiger partial charge in [0.15, 0.2) is 0 Å². The Morgan fingerprint density at radius 2 is 3.40 bits per heavy atom. The van der Waals surface area contributed by atoms with Crippen molar-refractivity contribution < 1.29 is 0 Å². The summed E-state index contributed by atoms with van der Waals surface area (Å²) in [6.45, 7) is 0. The van der Waals surface area contributed by atoms with Crippen LogP contribution in [0.25, 0.3) is 0 Å². The second-order valence-corrected chi connectivity index (χ2v) is 15.0. The number of rotatable bonds is 3. The fraction of sp³-hybridized carbons (Fsp3) is 0. The van der Waals surface area contributed by atoms with E-state index in [1.54, 1.807) is 0 Å². The Labute approximate surface area is 54.9 Å². The molecule has 2 atom stereocenters. The zero-order chi connectivity index (χ0) is 5.70. The zero-order valence-corrected chi connectivity index (χ0v) is 8.22. The molecule has 2 unspecified atom stereocenters. The summed E-state index contributed by atoms with van der Waals surface area (Å²) < 4.78 is 13.8. The molecular formula is H5IP2S2. The van der Waals surface area contributed by atoms with Gasteiger partial charge in [-0.1, -0.05) is 0 Å². The van der Waals surface area contributed by atoms with Crippen LogP contribution in [0.3, 0.4) is 0 Å². The molecule has 0 heterocycles. The number of halogens is 1. The second kappa shape index (κ2) is 6.29. The Bertz CT molecular complexity index is 44.7. The van der Waals surface area contributed by atoms with Crippen LogP contribution >= 0.6 is 53.4 Å². The Morgan fingerprint density at radius 3 is 3.60 bits per heavy atom. The van der Waals surface area contributed by atoms with Crippen LogP contribution in [-0.4, -0.2) is 1.72 Å². The average Bonchev–Trinajstić information content (AvgIpc) is 1.68. The Balaban J connectivity index is 2.83. The summed E-state index contributed by atoms with van der Waals surface area (Å²) in [5, 5.41) is 0. The first-order valence-electron chi connectivity index (χ1n) is 1.58. The van der Waals surface area contributed by atoms with Crippen molar-refractivity contribution in [3.63, 3.8) is 0 Å². The van der Waals surface area contributed by atoms with Crippen LogP contribution in [0.2, 0.25) is 0 Å². The van der Waals surface area contributed by atoms with Gasteiger partial charge in [-0.15, -0.1) is 0 Å². The molecule has 0 aromatic carbocycles. The number of thiol groups is 1. The van der Waals surface area contributed by atoms with Crippen molar-refractivity contribution in [2.24, 2.45) is 0 Å². The maximum absolute atomic E-state index is 7.19. The third-order valence-electron chi connectivity index (χ3n) is 0.0760. The number of hydrogen-bond donors (Lipinski definition) is 1. The molecule has 0 aliphatic rings. The van der Waals surface area contributed by atoms with Crippen molar-refractivity contribution in [2.45, 2.75) is 0 Å². The first kappa shape index (κ1) is 4.20. The van der Waals surface area contributed by atoms with Crippen molar-refractivity contribution >= 4 is 53.4 Å². The molecule has 0 bridgehead atoms. The standard InChI is InChI=1S/H5IP2S2/c2-3-1-5-4/h1,3-4H,2H2/i1D/hD. The fourth-order valence-electron chi connectivity index (χ4n) is 0.0182. The molecule has 0 aromatic rings. The fourth-order valence-corrected chi connectivity index (χ4v) is 9.88. The molecule has 0 radical (unpaired) electrons. The molecule has 0 saturated carbocycles. The van der Waals surface area contributed by atoms with Gasteiger partial charge in [-0.05, 0) is 0 Å². The Morgan fingerprint density at radius 1 is 2.60 bits per heavy atom. The van der Waals surface area contributed by atoms with Gasteiger partial charge >= 0.3 is 55.2 Å². The van der Waals surface area contributed by atoms with Gasteiger partial charge in [0.1, 0.15) is 0 Å². The van der Waals surface area contributed by atoms with Crippen molar-refractivity contribution in [2.75, 3.05) is 0 Å². The average molecular weight is 260 g/mol. The van der Waals surface area contributed by atoms with Gasteiger partial charge in [0.25, 0.3) is 0 Å². The van der Waals surface area contributed by atoms with E-state index in [0.29, 0.717) is 5.91 Å². The molecule has 0 saturated heterocycles. The third-order valence-corrected chi connectivity index (χ3v) is 13.8. The molecule has 5 heteroatoms. The van der Waals surface area contributed by atoms with Crippen molar-refractivity contribution in [1.29, 1.82) is 1.72 Å². The molecule has 0 spiro atoms. The van der Waals surface area contributed by atoms with Crippen LogP contribution in [0.5, 0.6) is 0 Å². The van der Waals surface area contributed by atoms with Gasteiger partial charge in [0.05, 0.1) is 0 Å². The van der Waals surface area contributed by atoms with E-state index in [0.717, 1.165) is 11.6 Å². The van der Waals surface area contributed by atoms with Gasteiger partial charge in [-0.2, -0.15) is 0 Å². The van der Waals surface area contributed by atoms with E-state index in [4.69, 9.17) is 1.72 Å². The van der Waals surface area contributed by atoms with Crippen LogP contribution in [0.4, 0.5) is 0 Å². The summed E-state index contributed by atoms with van der Waals surface area (Å²) in [5.74, 6) is 0.700. The van der Waals surface area contributed by atoms with Crippen LogP contribution in [0.1, 0.15) is 0 Å². The third kappa shape index (κ3) is 6.29. The van der Waals surface area contributed by atoms with Crippen molar-refractivity contribution in [1.82, 2.24) is 0 Å². The van der Waals surface area contributed by atoms with E-state index in [-0.39, 0.29) is 0 Å². The summed E-state index contributed by atoms with van der Waals surface area (Å²) in [6, 6.07) is 0. The van der Waals surface area contributed by atoms with E-state index in [2.05, 4.69) is 8.93 Å². The summed E-state index contributed by atoms with van der Waals surface area (Å²) in [7, 11) is 3.99. The summed E-state index contributed by atoms with van der Waals surface area (Å²) in [6.07, 6.45) is 0.